The molecule has 112 valence electrons. The highest BCUT2D eigenvalue weighted by molar-refractivity contribution is 4.96. The van der Waals surface area contributed by atoms with Gasteiger partial charge in [0.25, 0.3) is 0 Å². The zero-order valence-electron chi connectivity index (χ0n) is 12.5. The van der Waals surface area contributed by atoms with Crippen LogP contribution in [0.3, 0.4) is 0 Å². The second-order valence-electron chi connectivity index (χ2n) is 6.11. The van der Waals surface area contributed by atoms with Gasteiger partial charge in [-0.1, -0.05) is 13.8 Å². The minimum Gasteiger partial charge on any atom is -0.394 e. The van der Waals surface area contributed by atoms with Gasteiger partial charge in [0.05, 0.1) is 19.3 Å². The van der Waals surface area contributed by atoms with Crippen molar-refractivity contribution in [2.75, 3.05) is 32.8 Å². The summed E-state index contributed by atoms with van der Waals surface area (Å²) in [4.78, 5) is 2.60. The summed E-state index contributed by atoms with van der Waals surface area (Å²) < 4.78 is 5.77. The van der Waals surface area contributed by atoms with Crippen molar-refractivity contribution in [2.24, 2.45) is 0 Å². The van der Waals surface area contributed by atoms with Gasteiger partial charge in [-0.05, 0) is 38.6 Å². The Morgan fingerprint density at radius 3 is 2.95 bits per heavy atom. The normalized spacial score (nSPS) is 37.4. The molecule has 1 saturated heterocycles. The minimum atomic E-state index is -0.0440. The number of rotatable bonds is 5. The van der Waals surface area contributed by atoms with E-state index in [0.717, 1.165) is 45.5 Å². The molecule has 0 aromatic heterocycles. The predicted molar refractivity (Wildman–Crippen MR) is 77.4 cm³/mol. The van der Waals surface area contributed by atoms with E-state index in [2.05, 4.69) is 24.1 Å². The molecule has 4 nitrogen and oxygen atoms in total. The molecule has 2 rings (SSSR count). The van der Waals surface area contributed by atoms with Crippen LogP contribution >= 0.6 is 0 Å². The van der Waals surface area contributed by atoms with E-state index in [1.54, 1.807) is 0 Å². The van der Waals surface area contributed by atoms with Gasteiger partial charge in [-0.3, -0.25) is 4.90 Å². The number of hydrogen-bond acceptors (Lipinski definition) is 4. The molecule has 0 radical (unpaired) electrons. The third-order valence-electron chi connectivity index (χ3n) is 4.82. The highest BCUT2D eigenvalue weighted by atomic mass is 16.5. The lowest BCUT2D eigenvalue weighted by atomic mass is 9.78. The van der Waals surface area contributed by atoms with Crippen molar-refractivity contribution >= 4 is 0 Å². The Bertz CT molecular complexity index is 271. The standard InChI is InChI=1S/C15H30N2O2/c1-3-14-11-17(8-9-19-14)13-6-5-7-15(10-13,12-18)16-4-2/h13-14,16,18H,3-12H2,1-2H3. The molecule has 2 aliphatic rings. The van der Waals surface area contributed by atoms with Gasteiger partial charge in [0.2, 0.25) is 0 Å². The lowest BCUT2D eigenvalue weighted by Crippen LogP contribution is -2.57. The molecule has 1 heterocycles. The average molecular weight is 270 g/mol. The summed E-state index contributed by atoms with van der Waals surface area (Å²) in [5.41, 5.74) is -0.0440. The molecular formula is C15H30N2O2. The van der Waals surface area contributed by atoms with Crippen LogP contribution < -0.4 is 5.32 Å². The Balaban J connectivity index is 1.96. The van der Waals surface area contributed by atoms with Crippen molar-refractivity contribution < 1.29 is 9.84 Å². The average Bonchev–Trinajstić information content (AvgIpc) is 2.48. The maximum absolute atomic E-state index is 9.78. The molecule has 2 N–H and O–H groups in total. The second-order valence-corrected chi connectivity index (χ2v) is 6.11. The zero-order valence-corrected chi connectivity index (χ0v) is 12.5. The van der Waals surface area contributed by atoms with E-state index in [0.29, 0.717) is 12.1 Å². The number of ether oxygens (including phenoxy) is 1. The first kappa shape index (κ1) is 15.2. The minimum absolute atomic E-state index is 0.0440. The summed E-state index contributed by atoms with van der Waals surface area (Å²) in [6.07, 6.45) is 6.17. The van der Waals surface area contributed by atoms with Gasteiger partial charge in [-0.2, -0.15) is 0 Å². The van der Waals surface area contributed by atoms with Crippen molar-refractivity contribution in [3.8, 4) is 0 Å². The van der Waals surface area contributed by atoms with Gasteiger partial charge in [0, 0.05) is 24.7 Å². The van der Waals surface area contributed by atoms with E-state index in [-0.39, 0.29) is 12.1 Å². The monoisotopic (exact) mass is 270 g/mol. The molecule has 1 aliphatic carbocycles. The van der Waals surface area contributed by atoms with Gasteiger partial charge in [0.15, 0.2) is 0 Å². The third-order valence-corrected chi connectivity index (χ3v) is 4.82. The molecular weight excluding hydrogens is 240 g/mol. The van der Waals surface area contributed by atoms with Crippen LogP contribution in [0.4, 0.5) is 0 Å². The maximum atomic E-state index is 9.78. The number of aliphatic hydroxyl groups excluding tert-OH is 1. The Labute approximate surface area is 117 Å². The molecule has 2 fully saturated rings. The lowest BCUT2D eigenvalue weighted by Gasteiger charge is -2.46. The molecule has 0 bridgehead atoms. The molecule has 3 atom stereocenters. The highest BCUT2D eigenvalue weighted by Gasteiger charge is 2.38. The van der Waals surface area contributed by atoms with E-state index in [4.69, 9.17) is 4.74 Å². The molecule has 0 aromatic rings. The molecule has 0 amide bonds. The van der Waals surface area contributed by atoms with Crippen LogP contribution in [0.2, 0.25) is 0 Å². The predicted octanol–water partition coefficient (Wildman–Crippen LogP) is 1.38. The molecule has 0 aromatic carbocycles. The SMILES string of the molecule is CCNC1(CO)CCCC(N2CCOC(CC)C2)C1. The van der Waals surface area contributed by atoms with Gasteiger partial charge < -0.3 is 15.2 Å². The van der Waals surface area contributed by atoms with Crippen LogP contribution in [0.5, 0.6) is 0 Å². The summed E-state index contributed by atoms with van der Waals surface area (Å²) in [6.45, 7) is 8.51. The topological polar surface area (TPSA) is 44.7 Å². The highest BCUT2D eigenvalue weighted by Crippen LogP contribution is 2.32. The van der Waals surface area contributed by atoms with E-state index >= 15 is 0 Å². The van der Waals surface area contributed by atoms with Crippen molar-refractivity contribution in [2.45, 2.75) is 63.6 Å². The van der Waals surface area contributed by atoms with Crippen LogP contribution in [0.1, 0.15) is 46.0 Å². The molecule has 3 unspecified atom stereocenters. The fraction of sp³-hybridized carbons (Fsp3) is 1.00. The van der Waals surface area contributed by atoms with Crippen molar-refractivity contribution in [1.29, 1.82) is 0 Å². The fourth-order valence-electron chi connectivity index (χ4n) is 3.70. The number of hydrogen-bond donors (Lipinski definition) is 2. The summed E-state index contributed by atoms with van der Waals surface area (Å²) >= 11 is 0. The summed E-state index contributed by atoms with van der Waals surface area (Å²) in [7, 11) is 0. The van der Waals surface area contributed by atoms with Gasteiger partial charge in [0.1, 0.15) is 0 Å². The number of morpholine rings is 1. The number of nitrogens with one attached hydrogen (secondary N) is 1. The summed E-state index contributed by atoms with van der Waals surface area (Å²) in [5, 5.41) is 13.3. The number of likely N-dealkylation sites (N-methyl/N-ethyl adjacent to an activating group) is 1. The molecule has 1 saturated carbocycles. The Morgan fingerprint density at radius 2 is 2.26 bits per heavy atom. The first-order valence-electron chi connectivity index (χ1n) is 7.94. The van der Waals surface area contributed by atoms with Crippen LogP contribution in [0, 0.1) is 0 Å². The lowest BCUT2D eigenvalue weighted by molar-refractivity contribution is -0.0578. The van der Waals surface area contributed by atoms with Crippen molar-refractivity contribution in [3.63, 3.8) is 0 Å². The molecule has 0 spiro atoms. The summed E-state index contributed by atoms with van der Waals surface area (Å²) in [5.74, 6) is 0. The fourth-order valence-corrected chi connectivity index (χ4v) is 3.70. The Hall–Kier alpha value is -0.160. The van der Waals surface area contributed by atoms with Crippen LogP contribution in [0.25, 0.3) is 0 Å². The van der Waals surface area contributed by atoms with E-state index in [1.165, 1.54) is 12.8 Å². The van der Waals surface area contributed by atoms with Crippen molar-refractivity contribution in [3.05, 3.63) is 0 Å². The first-order chi connectivity index (χ1) is 9.23. The smallest absolute Gasteiger partial charge is 0.0700 e. The van der Waals surface area contributed by atoms with Gasteiger partial charge in [-0.15, -0.1) is 0 Å². The van der Waals surface area contributed by atoms with Gasteiger partial charge >= 0.3 is 0 Å². The summed E-state index contributed by atoms with van der Waals surface area (Å²) in [6, 6.07) is 0.609. The van der Waals surface area contributed by atoms with Crippen LogP contribution in [-0.2, 0) is 4.74 Å². The van der Waals surface area contributed by atoms with E-state index in [9.17, 15) is 5.11 Å². The van der Waals surface area contributed by atoms with Crippen LogP contribution in [0.15, 0.2) is 0 Å². The zero-order chi connectivity index (χ0) is 13.7. The molecule has 19 heavy (non-hydrogen) atoms. The Kier molecular flexibility index (Phi) is 5.63. The third kappa shape index (κ3) is 3.69. The van der Waals surface area contributed by atoms with E-state index < -0.39 is 0 Å². The van der Waals surface area contributed by atoms with E-state index in [1.807, 2.05) is 0 Å². The number of nitrogens with zero attached hydrogens (tertiary/aromatic N) is 1. The largest absolute Gasteiger partial charge is 0.394 e. The maximum Gasteiger partial charge on any atom is 0.0700 e. The van der Waals surface area contributed by atoms with Crippen molar-refractivity contribution in [1.82, 2.24) is 10.2 Å². The first-order valence-corrected chi connectivity index (χ1v) is 7.94. The molecule has 4 heteroatoms. The second kappa shape index (κ2) is 7.02. The Morgan fingerprint density at radius 1 is 1.42 bits per heavy atom. The van der Waals surface area contributed by atoms with Crippen LogP contribution in [-0.4, -0.2) is 60.5 Å². The van der Waals surface area contributed by atoms with Gasteiger partial charge in [-0.25, -0.2) is 0 Å². The molecule has 1 aliphatic heterocycles. The number of aliphatic hydroxyl groups is 1. The quantitative estimate of drug-likeness (QED) is 0.792.